The molecular weight excluding hydrogens is 456 g/mol. The van der Waals surface area contributed by atoms with Crippen molar-refractivity contribution in [3.63, 3.8) is 0 Å². The average Bonchev–Trinajstić information content (AvgIpc) is 2.78. The number of aromatic hydroxyl groups is 2. The van der Waals surface area contributed by atoms with Crippen LogP contribution >= 0.6 is 0 Å². The molecule has 0 aliphatic carbocycles. The molecule has 0 spiro atoms. The van der Waals surface area contributed by atoms with E-state index < -0.39 is 54.3 Å². The number of carbonyl (C=O) groups excluding carboxylic acids is 1. The molecule has 2 aromatic rings. The number of ether oxygens (including phenoxy) is 4. The fourth-order valence-corrected chi connectivity index (χ4v) is 3.86. The molecule has 2 aromatic carbocycles. The Kier molecular flexibility index (Phi) is 6.23. The molecule has 2 heterocycles. The molecule has 0 saturated carbocycles. The number of ketones is 1. The lowest BCUT2D eigenvalue weighted by molar-refractivity contribution is -0.271. The van der Waals surface area contributed by atoms with E-state index in [-0.39, 0.29) is 35.0 Å². The van der Waals surface area contributed by atoms with Gasteiger partial charge in [0.2, 0.25) is 6.29 Å². The number of fused-ring (bicyclic) bond motifs is 1. The molecule has 0 amide bonds. The van der Waals surface area contributed by atoms with E-state index in [1.165, 1.54) is 25.3 Å². The standard InChI is InChI=1S/C22H22O12/c1-31-13-3-2-8(4-10(13)23)14-7-12(25)16-11(24)5-9(6-15(16)33-14)32-22-19(28)17(26)18(27)20(34-22)21(29)30/h2-6,14,17-20,22-24,26-28H,7H2,1H3,(H,29,30)/t14-,17-,18-,19+,20-,22-/m0/s1. The van der Waals surface area contributed by atoms with E-state index in [0.717, 1.165) is 6.07 Å². The minimum Gasteiger partial charge on any atom is -0.507 e. The lowest BCUT2D eigenvalue weighted by Crippen LogP contribution is -2.61. The summed E-state index contributed by atoms with van der Waals surface area (Å²) in [5.74, 6) is -2.67. The van der Waals surface area contributed by atoms with Gasteiger partial charge in [-0.3, -0.25) is 4.79 Å². The van der Waals surface area contributed by atoms with Gasteiger partial charge in [-0.1, -0.05) is 6.07 Å². The van der Waals surface area contributed by atoms with Crippen molar-refractivity contribution in [3.05, 3.63) is 41.5 Å². The Labute approximate surface area is 192 Å². The van der Waals surface area contributed by atoms with Crippen molar-refractivity contribution in [1.29, 1.82) is 0 Å². The van der Waals surface area contributed by atoms with Crippen molar-refractivity contribution in [2.24, 2.45) is 0 Å². The molecule has 34 heavy (non-hydrogen) atoms. The monoisotopic (exact) mass is 478 g/mol. The van der Waals surface area contributed by atoms with Crippen molar-refractivity contribution in [2.45, 2.75) is 43.2 Å². The molecule has 182 valence electrons. The first kappa shape index (κ1) is 23.6. The third-order valence-corrected chi connectivity index (χ3v) is 5.61. The molecule has 1 fully saturated rings. The number of rotatable bonds is 5. The van der Waals surface area contributed by atoms with E-state index >= 15 is 0 Å². The van der Waals surface area contributed by atoms with Gasteiger partial charge in [0.05, 0.1) is 13.5 Å². The smallest absolute Gasteiger partial charge is 0.335 e. The number of carboxylic acids is 1. The molecule has 6 N–H and O–H groups in total. The van der Waals surface area contributed by atoms with Crippen molar-refractivity contribution in [2.75, 3.05) is 7.11 Å². The Hall–Kier alpha value is -3.58. The number of carbonyl (C=O) groups is 2. The van der Waals surface area contributed by atoms with Gasteiger partial charge in [0.25, 0.3) is 0 Å². The van der Waals surface area contributed by atoms with Crippen molar-refractivity contribution in [1.82, 2.24) is 0 Å². The number of aliphatic hydroxyl groups excluding tert-OH is 3. The first-order valence-electron chi connectivity index (χ1n) is 10.1. The Morgan fingerprint density at radius 1 is 1.03 bits per heavy atom. The van der Waals surface area contributed by atoms with Gasteiger partial charge < -0.3 is 49.6 Å². The van der Waals surface area contributed by atoms with E-state index in [4.69, 9.17) is 24.1 Å². The van der Waals surface area contributed by atoms with Gasteiger partial charge in [-0.05, 0) is 17.7 Å². The maximum atomic E-state index is 12.7. The second kappa shape index (κ2) is 8.99. The Morgan fingerprint density at radius 3 is 2.41 bits per heavy atom. The topological polar surface area (TPSA) is 192 Å². The summed E-state index contributed by atoms with van der Waals surface area (Å²) in [6, 6.07) is 6.76. The fraction of sp³-hybridized carbons (Fsp3) is 0.364. The SMILES string of the molecule is COc1ccc([C@@H]2CC(=O)c3c(O)cc(O[C@H]4O[C@H](C(=O)O)[C@@H](O)[C@H](O)[C@H]4O)cc3O2)cc1O. The second-order valence-electron chi connectivity index (χ2n) is 7.83. The number of Topliss-reactive ketones (excluding diaryl/α,β-unsaturated/α-hetero) is 1. The summed E-state index contributed by atoms with van der Waals surface area (Å²) in [6.07, 6.45) is -10.1. The number of phenols is 2. The molecular formula is C22H22O12. The molecule has 0 radical (unpaired) electrons. The number of methoxy groups -OCH3 is 1. The average molecular weight is 478 g/mol. The normalized spacial score (nSPS) is 28.5. The number of carboxylic acid groups (broad SMARTS) is 1. The van der Waals surface area contributed by atoms with Crippen molar-refractivity contribution >= 4 is 11.8 Å². The molecule has 2 aliphatic rings. The van der Waals surface area contributed by atoms with Gasteiger partial charge >= 0.3 is 5.97 Å². The summed E-state index contributed by atoms with van der Waals surface area (Å²) in [5.41, 5.74) is 0.362. The van der Waals surface area contributed by atoms with Crippen LogP contribution in [0.3, 0.4) is 0 Å². The molecule has 4 rings (SSSR count). The fourth-order valence-electron chi connectivity index (χ4n) is 3.86. The maximum Gasteiger partial charge on any atom is 0.335 e. The highest BCUT2D eigenvalue weighted by Crippen LogP contribution is 2.43. The molecule has 0 unspecified atom stereocenters. The first-order chi connectivity index (χ1) is 16.1. The van der Waals surface area contributed by atoms with E-state index in [9.17, 15) is 35.1 Å². The first-order valence-corrected chi connectivity index (χ1v) is 10.1. The van der Waals surface area contributed by atoms with Gasteiger partial charge in [0, 0.05) is 12.1 Å². The number of benzene rings is 2. The zero-order valence-corrected chi connectivity index (χ0v) is 17.7. The Balaban J connectivity index is 1.60. The second-order valence-corrected chi connectivity index (χ2v) is 7.83. The van der Waals surface area contributed by atoms with Crippen molar-refractivity contribution in [3.8, 4) is 28.7 Å². The molecule has 2 aliphatic heterocycles. The lowest BCUT2D eigenvalue weighted by Gasteiger charge is -2.38. The van der Waals surface area contributed by atoms with Gasteiger partial charge in [-0.2, -0.15) is 0 Å². The van der Waals surface area contributed by atoms with E-state index in [2.05, 4.69) is 0 Å². The summed E-state index contributed by atoms with van der Waals surface area (Å²) in [5, 5.41) is 59.5. The molecule has 0 bridgehead atoms. The molecule has 0 aromatic heterocycles. The van der Waals surface area contributed by atoms with Gasteiger partial charge in [0.1, 0.15) is 47.2 Å². The number of aliphatic carboxylic acids is 1. The third kappa shape index (κ3) is 4.19. The Bertz CT molecular complexity index is 1120. The summed E-state index contributed by atoms with van der Waals surface area (Å²) in [4.78, 5) is 24.0. The van der Waals surface area contributed by atoms with Crippen LogP contribution in [0.5, 0.6) is 28.7 Å². The summed E-state index contributed by atoms with van der Waals surface area (Å²) in [6.45, 7) is 0. The molecule has 12 nitrogen and oxygen atoms in total. The van der Waals surface area contributed by atoms with Gasteiger partial charge in [0.15, 0.2) is 23.4 Å². The number of hydrogen-bond donors (Lipinski definition) is 6. The van der Waals surface area contributed by atoms with Crippen LogP contribution in [0.25, 0.3) is 0 Å². The maximum absolute atomic E-state index is 12.7. The minimum atomic E-state index is -1.90. The number of phenolic OH excluding ortho intramolecular Hbond substituents is 2. The molecule has 6 atom stereocenters. The van der Waals surface area contributed by atoms with Crippen LogP contribution in [-0.2, 0) is 9.53 Å². The summed E-state index contributed by atoms with van der Waals surface area (Å²) < 4.78 is 21.3. The lowest BCUT2D eigenvalue weighted by atomic mass is 9.95. The molecule has 1 saturated heterocycles. The summed E-state index contributed by atoms with van der Waals surface area (Å²) in [7, 11) is 1.39. The van der Waals surface area contributed by atoms with E-state index in [1.807, 2.05) is 0 Å². The van der Waals surface area contributed by atoms with Crippen LogP contribution in [0.15, 0.2) is 30.3 Å². The zero-order valence-electron chi connectivity index (χ0n) is 17.7. The van der Waals surface area contributed by atoms with Crippen LogP contribution < -0.4 is 14.2 Å². The predicted molar refractivity (Wildman–Crippen MR) is 110 cm³/mol. The largest absolute Gasteiger partial charge is 0.507 e. The predicted octanol–water partition coefficient (Wildman–Crippen LogP) is 0.0839. The van der Waals surface area contributed by atoms with Crippen molar-refractivity contribution < 1.29 is 59.2 Å². The number of aliphatic hydroxyl groups is 3. The van der Waals surface area contributed by atoms with Crippen LogP contribution in [0, 0.1) is 0 Å². The quantitative estimate of drug-likeness (QED) is 0.340. The van der Waals surface area contributed by atoms with Crippen LogP contribution in [0.2, 0.25) is 0 Å². The Morgan fingerprint density at radius 2 is 1.76 bits per heavy atom. The zero-order chi connectivity index (χ0) is 24.7. The third-order valence-electron chi connectivity index (χ3n) is 5.61. The van der Waals surface area contributed by atoms with Crippen LogP contribution in [0.4, 0.5) is 0 Å². The van der Waals surface area contributed by atoms with E-state index in [0.29, 0.717) is 5.56 Å². The van der Waals surface area contributed by atoms with Gasteiger partial charge in [-0.25, -0.2) is 4.79 Å². The van der Waals surface area contributed by atoms with Crippen LogP contribution in [-0.4, -0.2) is 80.2 Å². The molecule has 12 heteroatoms. The highest BCUT2D eigenvalue weighted by Gasteiger charge is 2.48. The minimum absolute atomic E-state index is 0.0628. The number of hydrogen-bond acceptors (Lipinski definition) is 11. The van der Waals surface area contributed by atoms with E-state index in [1.54, 1.807) is 6.07 Å². The summed E-state index contributed by atoms with van der Waals surface area (Å²) >= 11 is 0. The van der Waals surface area contributed by atoms with Crippen LogP contribution in [0.1, 0.15) is 28.4 Å². The van der Waals surface area contributed by atoms with Gasteiger partial charge in [-0.15, -0.1) is 0 Å². The highest BCUT2D eigenvalue weighted by atomic mass is 16.7. The highest BCUT2D eigenvalue weighted by molar-refractivity contribution is 6.02.